The lowest BCUT2D eigenvalue weighted by atomic mass is 10.2. The normalized spacial score (nSPS) is 10.8. The number of rotatable bonds is 5. The molecule has 0 unspecified atom stereocenters. The van der Waals surface area contributed by atoms with Crippen molar-refractivity contribution in [3.8, 4) is 0 Å². The number of aryl methyl sites for hydroxylation is 3. The first-order valence-corrected chi connectivity index (χ1v) is 6.32. The third kappa shape index (κ3) is 3.17. The number of hydrogen-bond acceptors (Lipinski definition) is 3. The van der Waals surface area contributed by atoms with Gasteiger partial charge in [0.2, 0.25) is 0 Å². The monoisotopic (exact) mass is 244 g/mol. The van der Waals surface area contributed by atoms with E-state index in [0.29, 0.717) is 0 Å². The highest BCUT2D eigenvalue weighted by molar-refractivity contribution is 5.17. The van der Waals surface area contributed by atoms with Crippen molar-refractivity contribution in [1.82, 2.24) is 20.1 Å². The van der Waals surface area contributed by atoms with E-state index in [0.717, 1.165) is 25.2 Å². The molecule has 0 aliphatic heterocycles. The van der Waals surface area contributed by atoms with Gasteiger partial charge in [0, 0.05) is 43.8 Å². The first-order chi connectivity index (χ1) is 8.69. The molecule has 4 nitrogen and oxygen atoms in total. The average molecular weight is 244 g/mol. The van der Waals surface area contributed by atoms with Crippen LogP contribution >= 0.6 is 0 Å². The van der Waals surface area contributed by atoms with Crippen LogP contribution in [0.1, 0.15) is 29.4 Å². The van der Waals surface area contributed by atoms with Crippen molar-refractivity contribution < 1.29 is 0 Å². The van der Waals surface area contributed by atoms with Gasteiger partial charge in [0.05, 0.1) is 5.69 Å². The Labute approximate surface area is 108 Å². The first kappa shape index (κ1) is 12.8. The second-order valence-electron chi connectivity index (χ2n) is 4.54. The highest BCUT2D eigenvalue weighted by Gasteiger charge is 2.04. The van der Waals surface area contributed by atoms with Crippen LogP contribution in [-0.2, 0) is 26.6 Å². The van der Waals surface area contributed by atoms with Crippen LogP contribution in [-0.4, -0.2) is 14.8 Å². The summed E-state index contributed by atoms with van der Waals surface area (Å²) < 4.78 is 1.88. The van der Waals surface area contributed by atoms with E-state index in [4.69, 9.17) is 0 Å². The Morgan fingerprint density at radius 1 is 1.28 bits per heavy atom. The smallest absolute Gasteiger partial charge is 0.0666 e. The molecule has 96 valence electrons. The first-order valence-electron chi connectivity index (χ1n) is 6.32. The molecule has 0 aliphatic carbocycles. The molecule has 2 aromatic rings. The van der Waals surface area contributed by atoms with Gasteiger partial charge in [-0.1, -0.05) is 13.0 Å². The van der Waals surface area contributed by atoms with Crippen molar-refractivity contribution in [2.45, 2.75) is 33.4 Å². The minimum atomic E-state index is 0.839. The fourth-order valence-corrected chi connectivity index (χ4v) is 1.97. The van der Waals surface area contributed by atoms with E-state index in [-0.39, 0.29) is 0 Å². The van der Waals surface area contributed by atoms with Crippen LogP contribution in [0.15, 0.2) is 24.5 Å². The van der Waals surface area contributed by atoms with Gasteiger partial charge < -0.3 is 5.32 Å². The second-order valence-corrected chi connectivity index (χ2v) is 4.54. The maximum absolute atomic E-state index is 4.43. The van der Waals surface area contributed by atoms with Crippen LogP contribution in [0.5, 0.6) is 0 Å². The highest BCUT2D eigenvalue weighted by Crippen LogP contribution is 2.07. The van der Waals surface area contributed by atoms with Crippen LogP contribution < -0.4 is 5.32 Å². The molecule has 2 aromatic heterocycles. The van der Waals surface area contributed by atoms with Crippen LogP contribution in [0.25, 0.3) is 0 Å². The summed E-state index contributed by atoms with van der Waals surface area (Å²) in [4.78, 5) is 4.29. The summed E-state index contributed by atoms with van der Waals surface area (Å²) in [6.07, 6.45) is 4.98. The zero-order valence-electron chi connectivity index (χ0n) is 11.3. The van der Waals surface area contributed by atoms with E-state index in [1.54, 1.807) is 0 Å². The Hall–Kier alpha value is -1.68. The Balaban J connectivity index is 1.90. The Morgan fingerprint density at radius 3 is 2.78 bits per heavy atom. The van der Waals surface area contributed by atoms with Gasteiger partial charge in [0.15, 0.2) is 0 Å². The Bertz CT molecular complexity index is 499. The molecule has 2 rings (SSSR count). The second kappa shape index (κ2) is 5.78. The minimum absolute atomic E-state index is 0.839. The quantitative estimate of drug-likeness (QED) is 0.874. The molecule has 0 saturated heterocycles. The van der Waals surface area contributed by atoms with Gasteiger partial charge in [0.25, 0.3) is 0 Å². The summed E-state index contributed by atoms with van der Waals surface area (Å²) in [5.74, 6) is 0. The fourth-order valence-electron chi connectivity index (χ4n) is 1.97. The largest absolute Gasteiger partial charge is 0.308 e. The van der Waals surface area contributed by atoms with Gasteiger partial charge >= 0.3 is 0 Å². The molecule has 4 heteroatoms. The summed E-state index contributed by atoms with van der Waals surface area (Å²) >= 11 is 0. The molecule has 2 heterocycles. The third-order valence-electron chi connectivity index (χ3n) is 2.94. The predicted octanol–water partition coefficient (Wildman–Crippen LogP) is 1.98. The van der Waals surface area contributed by atoms with Crippen LogP contribution in [0.3, 0.4) is 0 Å². The number of hydrogen-bond donors (Lipinski definition) is 1. The molecule has 0 bridgehead atoms. The maximum atomic E-state index is 4.43. The molecule has 0 atom stereocenters. The van der Waals surface area contributed by atoms with E-state index in [1.165, 1.54) is 16.8 Å². The van der Waals surface area contributed by atoms with Gasteiger partial charge in [0.1, 0.15) is 0 Å². The number of nitrogens with one attached hydrogen (secondary N) is 1. The molecule has 0 spiro atoms. The zero-order chi connectivity index (χ0) is 13.0. The lowest BCUT2D eigenvalue weighted by molar-refractivity contribution is 0.686. The van der Waals surface area contributed by atoms with Crippen molar-refractivity contribution in [3.63, 3.8) is 0 Å². The van der Waals surface area contributed by atoms with Crippen LogP contribution in [0.4, 0.5) is 0 Å². The van der Waals surface area contributed by atoms with Crippen molar-refractivity contribution in [2.75, 3.05) is 0 Å². The van der Waals surface area contributed by atoms with Crippen molar-refractivity contribution in [3.05, 3.63) is 47.0 Å². The van der Waals surface area contributed by atoms with Crippen molar-refractivity contribution in [2.24, 2.45) is 7.05 Å². The summed E-state index contributed by atoms with van der Waals surface area (Å²) in [6, 6.07) is 4.15. The minimum Gasteiger partial charge on any atom is -0.308 e. The van der Waals surface area contributed by atoms with E-state index < -0.39 is 0 Å². The molecular weight excluding hydrogens is 224 g/mol. The van der Waals surface area contributed by atoms with Gasteiger partial charge in [-0.2, -0.15) is 5.10 Å². The topological polar surface area (TPSA) is 42.7 Å². The SMILES string of the molecule is CCc1nn(C)cc1CNCc1ccc(C)nc1. The lowest BCUT2D eigenvalue weighted by Crippen LogP contribution is -2.13. The fraction of sp³-hybridized carbons (Fsp3) is 0.429. The molecule has 1 N–H and O–H groups in total. The molecule has 0 saturated carbocycles. The van der Waals surface area contributed by atoms with Crippen LogP contribution in [0.2, 0.25) is 0 Å². The Morgan fingerprint density at radius 2 is 2.11 bits per heavy atom. The van der Waals surface area contributed by atoms with Gasteiger partial charge in [-0.3, -0.25) is 9.67 Å². The molecule has 0 aromatic carbocycles. The molecule has 0 aliphatic rings. The predicted molar refractivity (Wildman–Crippen MR) is 72.1 cm³/mol. The van der Waals surface area contributed by atoms with Crippen molar-refractivity contribution >= 4 is 0 Å². The maximum Gasteiger partial charge on any atom is 0.0666 e. The third-order valence-corrected chi connectivity index (χ3v) is 2.94. The molecular formula is C14H20N4. The Kier molecular flexibility index (Phi) is 4.10. The molecule has 0 amide bonds. The molecule has 0 radical (unpaired) electrons. The van der Waals surface area contributed by atoms with E-state index in [2.05, 4.69) is 34.6 Å². The number of nitrogens with zero attached hydrogens (tertiary/aromatic N) is 3. The number of pyridine rings is 1. The average Bonchev–Trinajstić information content (AvgIpc) is 2.72. The summed E-state index contributed by atoms with van der Waals surface area (Å²) in [5, 5.41) is 7.86. The van der Waals surface area contributed by atoms with Crippen LogP contribution in [0, 0.1) is 6.92 Å². The van der Waals surface area contributed by atoms with Gasteiger partial charge in [-0.15, -0.1) is 0 Å². The summed E-state index contributed by atoms with van der Waals surface area (Å²) in [5.41, 5.74) is 4.72. The number of aromatic nitrogens is 3. The standard InChI is InChI=1S/C14H20N4/c1-4-14-13(10-18(3)17-14)9-15-7-12-6-5-11(2)16-8-12/h5-6,8,10,15H,4,7,9H2,1-3H3. The van der Waals surface area contributed by atoms with E-state index in [9.17, 15) is 0 Å². The van der Waals surface area contributed by atoms with Gasteiger partial charge in [-0.25, -0.2) is 0 Å². The lowest BCUT2D eigenvalue weighted by Gasteiger charge is -2.04. The molecule has 0 fully saturated rings. The molecule has 18 heavy (non-hydrogen) atoms. The highest BCUT2D eigenvalue weighted by atomic mass is 15.3. The summed E-state index contributed by atoms with van der Waals surface area (Å²) in [6.45, 7) is 5.83. The van der Waals surface area contributed by atoms with E-state index >= 15 is 0 Å². The summed E-state index contributed by atoms with van der Waals surface area (Å²) in [7, 11) is 1.96. The van der Waals surface area contributed by atoms with E-state index in [1.807, 2.05) is 30.9 Å². The zero-order valence-corrected chi connectivity index (χ0v) is 11.3. The van der Waals surface area contributed by atoms with Crippen molar-refractivity contribution in [1.29, 1.82) is 0 Å². The van der Waals surface area contributed by atoms with Gasteiger partial charge in [-0.05, 0) is 25.0 Å².